The van der Waals surface area contributed by atoms with Crippen molar-refractivity contribution in [2.45, 2.75) is 18.8 Å². The van der Waals surface area contributed by atoms with Crippen LogP contribution in [0.25, 0.3) is 11.0 Å². The first-order chi connectivity index (χ1) is 12.1. The van der Waals surface area contributed by atoms with E-state index in [2.05, 4.69) is 15.0 Å². The molecule has 0 unspecified atom stereocenters. The third-order valence-corrected chi connectivity index (χ3v) is 4.67. The lowest BCUT2D eigenvalue weighted by Crippen LogP contribution is -2.38. The number of nitrogens with one attached hydrogen (secondary N) is 2. The van der Waals surface area contributed by atoms with E-state index in [0.717, 1.165) is 24.2 Å². The van der Waals surface area contributed by atoms with Gasteiger partial charge in [-0.15, -0.1) is 0 Å². The van der Waals surface area contributed by atoms with Crippen LogP contribution in [0, 0.1) is 17.1 Å². The van der Waals surface area contributed by atoms with E-state index in [1.165, 1.54) is 18.3 Å². The highest BCUT2D eigenvalue weighted by atomic mass is 19.1. The first kappa shape index (κ1) is 15.4. The molecule has 0 saturated carbocycles. The summed E-state index contributed by atoms with van der Waals surface area (Å²) >= 11 is 0. The van der Waals surface area contributed by atoms with Crippen molar-refractivity contribution in [3.63, 3.8) is 0 Å². The number of benzene rings is 1. The first-order valence-electron chi connectivity index (χ1n) is 8.17. The molecule has 0 atom stereocenters. The topological polar surface area (TPSA) is 88.6 Å². The Balaban J connectivity index is 1.45. The number of carbonyl (C=O) groups excluding carboxylic acids is 1. The number of nitrogens with zero attached hydrogens (tertiary/aromatic N) is 3. The molecule has 1 fully saturated rings. The Morgan fingerprint density at radius 3 is 2.84 bits per heavy atom. The van der Waals surface area contributed by atoms with Gasteiger partial charge in [0.1, 0.15) is 23.4 Å². The second-order valence-corrected chi connectivity index (χ2v) is 6.26. The molecule has 25 heavy (non-hydrogen) atoms. The Hall–Kier alpha value is -3.14. The summed E-state index contributed by atoms with van der Waals surface area (Å²) in [5.74, 6) is 0.689. The minimum absolute atomic E-state index is 0.0911. The van der Waals surface area contributed by atoms with Crippen molar-refractivity contribution in [1.29, 1.82) is 5.26 Å². The molecular weight excluding hydrogens is 321 g/mol. The number of nitriles is 1. The third-order valence-electron chi connectivity index (χ3n) is 4.67. The summed E-state index contributed by atoms with van der Waals surface area (Å²) in [4.78, 5) is 24.9. The Morgan fingerprint density at radius 1 is 1.32 bits per heavy atom. The van der Waals surface area contributed by atoms with E-state index in [9.17, 15) is 9.18 Å². The summed E-state index contributed by atoms with van der Waals surface area (Å²) in [5.41, 5.74) is 2.34. The van der Waals surface area contributed by atoms with Gasteiger partial charge in [0.05, 0.1) is 16.6 Å². The molecule has 3 aromatic rings. The van der Waals surface area contributed by atoms with E-state index < -0.39 is 0 Å². The van der Waals surface area contributed by atoms with E-state index in [-0.39, 0.29) is 17.6 Å². The second kappa shape index (κ2) is 6.06. The molecule has 0 radical (unpaired) electrons. The fraction of sp³-hybridized carbons (Fsp3) is 0.278. The predicted molar refractivity (Wildman–Crippen MR) is 89.4 cm³/mol. The van der Waals surface area contributed by atoms with Crippen molar-refractivity contribution in [1.82, 2.24) is 19.9 Å². The van der Waals surface area contributed by atoms with Crippen molar-refractivity contribution in [3.8, 4) is 6.07 Å². The largest absolute Gasteiger partial charge is 0.356 e. The van der Waals surface area contributed by atoms with E-state index >= 15 is 0 Å². The fourth-order valence-electron chi connectivity index (χ4n) is 3.30. The minimum Gasteiger partial charge on any atom is -0.356 e. The molecule has 2 N–H and O–H groups in total. The van der Waals surface area contributed by atoms with Crippen molar-refractivity contribution < 1.29 is 9.18 Å². The molecule has 1 aliphatic rings. The van der Waals surface area contributed by atoms with E-state index in [1.54, 1.807) is 17.0 Å². The SMILES string of the molecule is N#Cc1c[nH]c(C(=O)N2CCC(c3nc4ccc(F)cc4[nH]3)CC2)c1. The fourth-order valence-corrected chi connectivity index (χ4v) is 3.30. The molecule has 6 nitrogen and oxygen atoms in total. The number of aromatic nitrogens is 3. The van der Waals surface area contributed by atoms with Gasteiger partial charge in [0, 0.05) is 25.2 Å². The molecule has 1 aliphatic heterocycles. The highest BCUT2D eigenvalue weighted by molar-refractivity contribution is 5.93. The van der Waals surface area contributed by atoms with Gasteiger partial charge in [0.2, 0.25) is 0 Å². The lowest BCUT2D eigenvalue weighted by molar-refractivity contribution is 0.0706. The average Bonchev–Trinajstić information content (AvgIpc) is 3.27. The number of fused-ring (bicyclic) bond motifs is 1. The number of hydrogen-bond acceptors (Lipinski definition) is 3. The second-order valence-electron chi connectivity index (χ2n) is 6.26. The molecule has 2 aromatic heterocycles. The molecule has 3 heterocycles. The molecule has 7 heteroatoms. The van der Waals surface area contributed by atoms with E-state index in [0.29, 0.717) is 29.9 Å². The third kappa shape index (κ3) is 2.87. The van der Waals surface area contributed by atoms with Crippen LogP contribution in [0.2, 0.25) is 0 Å². The first-order valence-corrected chi connectivity index (χ1v) is 8.17. The quantitative estimate of drug-likeness (QED) is 0.753. The standard InChI is InChI=1S/C18H16FN5O/c19-13-1-2-14-15(8-13)23-17(22-14)12-3-5-24(6-4-12)18(25)16-7-11(9-20)10-21-16/h1-2,7-8,10,12,21H,3-6H2,(H,22,23). The number of hydrogen-bond donors (Lipinski definition) is 2. The van der Waals surface area contributed by atoms with E-state index in [1.807, 2.05) is 6.07 Å². The van der Waals surface area contributed by atoms with Gasteiger partial charge >= 0.3 is 0 Å². The maximum Gasteiger partial charge on any atom is 0.270 e. The van der Waals surface area contributed by atoms with Crippen LogP contribution in [0.5, 0.6) is 0 Å². The normalized spacial score (nSPS) is 15.4. The predicted octanol–water partition coefficient (Wildman–Crippen LogP) is 2.92. The lowest BCUT2D eigenvalue weighted by atomic mass is 9.96. The molecule has 0 spiro atoms. The highest BCUT2D eigenvalue weighted by Gasteiger charge is 2.27. The van der Waals surface area contributed by atoms with Gasteiger partial charge in [-0.3, -0.25) is 4.79 Å². The molecule has 126 valence electrons. The molecule has 1 aromatic carbocycles. The Bertz CT molecular complexity index is 975. The van der Waals surface area contributed by atoms with Crippen LogP contribution in [0.15, 0.2) is 30.5 Å². The number of amides is 1. The molecular formula is C18H16FN5O. The Morgan fingerprint density at radius 2 is 2.12 bits per heavy atom. The number of carbonyl (C=O) groups is 1. The van der Waals surface area contributed by atoms with Gasteiger partial charge in [-0.25, -0.2) is 9.37 Å². The summed E-state index contributed by atoms with van der Waals surface area (Å²) < 4.78 is 13.3. The number of aromatic amines is 2. The number of halogens is 1. The van der Waals surface area contributed by atoms with Gasteiger partial charge in [-0.05, 0) is 37.1 Å². The molecule has 1 saturated heterocycles. The average molecular weight is 337 g/mol. The van der Waals surface area contributed by atoms with Crippen LogP contribution < -0.4 is 0 Å². The van der Waals surface area contributed by atoms with Crippen LogP contribution in [-0.4, -0.2) is 38.8 Å². The number of H-pyrrole nitrogens is 2. The van der Waals surface area contributed by atoms with Gasteiger partial charge in [-0.2, -0.15) is 5.26 Å². The Kier molecular flexibility index (Phi) is 3.73. The molecule has 4 rings (SSSR count). The maximum absolute atomic E-state index is 13.3. The summed E-state index contributed by atoms with van der Waals surface area (Å²) in [6.07, 6.45) is 3.12. The summed E-state index contributed by atoms with van der Waals surface area (Å²) in [6, 6.07) is 8.10. The summed E-state index contributed by atoms with van der Waals surface area (Å²) in [5, 5.41) is 8.85. The van der Waals surface area contributed by atoms with Crippen molar-refractivity contribution in [2.75, 3.05) is 13.1 Å². The Labute approximate surface area is 143 Å². The van der Waals surface area contributed by atoms with E-state index in [4.69, 9.17) is 5.26 Å². The van der Waals surface area contributed by atoms with Gasteiger partial charge in [-0.1, -0.05) is 0 Å². The monoisotopic (exact) mass is 337 g/mol. The zero-order valence-electron chi connectivity index (χ0n) is 13.4. The van der Waals surface area contributed by atoms with Gasteiger partial charge in [0.25, 0.3) is 5.91 Å². The number of likely N-dealkylation sites (tertiary alicyclic amines) is 1. The summed E-state index contributed by atoms with van der Waals surface area (Å²) in [7, 11) is 0. The van der Waals surface area contributed by atoms with Gasteiger partial charge < -0.3 is 14.9 Å². The molecule has 0 bridgehead atoms. The molecule has 1 amide bonds. The van der Waals surface area contributed by atoms with Crippen LogP contribution in [0.4, 0.5) is 4.39 Å². The van der Waals surface area contributed by atoms with Crippen molar-refractivity contribution in [2.24, 2.45) is 0 Å². The zero-order chi connectivity index (χ0) is 17.4. The van der Waals surface area contributed by atoms with Crippen LogP contribution in [0.1, 0.15) is 40.6 Å². The maximum atomic E-state index is 13.3. The van der Waals surface area contributed by atoms with Crippen LogP contribution in [-0.2, 0) is 0 Å². The number of piperidine rings is 1. The minimum atomic E-state index is -0.286. The van der Waals surface area contributed by atoms with Crippen LogP contribution in [0.3, 0.4) is 0 Å². The highest BCUT2D eigenvalue weighted by Crippen LogP contribution is 2.28. The van der Waals surface area contributed by atoms with Gasteiger partial charge in [0.15, 0.2) is 0 Å². The van der Waals surface area contributed by atoms with Crippen molar-refractivity contribution in [3.05, 3.63) is 53.4 Å². The lowest BCUT2D eigenvalue weighted by Gasteiger charge is -2.30. The zero-order valence-corrected chi connectivity index (χ0v) is 13.4. The van der Waals surface area contributed by atoms with Crippen molar-refractivity contribution >= 4 is 16.9 Å². The number of rotatable bonds is 2. The van der Waals surface area contributed by atoms with Crippen LogP contribution >= 0.6 is 0 Å². The number of imidazole rings is 1. The summed E-state index contributed by atoms with van der Waals surface area (Å²) in [6.45, 7) is 1.24. The smallest absolute Gasteiger partial charge is 0.270 e. The molecule has 0 aliphatic carbocycles.